The van der Waals surface area contributed by atoms with E-state index in [0.717, 1.165) is 45.9 Å². The third-order valence-electron chi connectivity index (χ3n) is 5.59. The minimum atomic E-state index is -0.305. The van der Waals surface area contributed by atoms with Gasteiger partial charge in [0, 0.05) is 41.8 Å². The lowest BCUT2D eigenvalue weighted by atomic mass is 10.1. The molecule has 8 heteroatoms. The lowest BCUT2D eigenvalue weighted by Gasteiger charge is -2.03. The molecule has 0 aliphatic heterocycles. The van der Waals surface area contributed by atoms with E-state index in [-0.39, 0.29) is 5.91 Å². The second-order valence-corrected chi connectivity index (χ2v) is 7.76. The maximum absolute atomic E-state index is 12.7. The van der Waals surface area contributed by atoms with Crippen LogP contribution in [0.15, 0.2) is 84.4 Å². The summed E-state index contributed by atoms with van der Waals surface area (Å²) in [5.74, 6) is 0.617. The molecule has 168 valence electrons. The minimum absolute atomic E-state index is 0.305. The molecule has 0 saturated heterocycles. The Morgan fingerprint density at radius 1 is 1.12 bits per heavy atom. The molecule has 0 bridgehead atoms. The summed E-state index contributed by atoms with van der Waals surface area (Å²) in [7, 11) is 0. The Labute approximate surface area is 196 Å². The molecule has 0 aliphatic rings. The zero-order valence-electron chi connectivity index (χ0n) is 18.9. The van der Waals surface area contributed by atoms with Gasteiger partial charge >= 0.3 is 0 Å². The summed E-state index contributed by atoms with van der Waals surface area (Å²) in [5.41, 5.74) is 8.17. The average Bonchev–Trinajstić information content (AvgIpc) is 3.44. The van der Waals surface area contributed by atoms with Gasteiger partial charge in [-0.05, 0) is 56.3 Å². The number of fused-ring (bicyclic) bond motifs is 1. The normalized spacial score (nSPS) is 11.4. The number of benzene rings is 2. The van der Waals surface area contributed by atoms with Crippen molar-refractivity contribution in [1.29, 1.82) is 0 Å². The van der Waals surface area contributed by atoms with E-state index in [2.05, 4.69) is 32.0 Å². The van der Waals surface area contributed by atoms with Crippen LogP contribution < -0.4 is 5.43 Å². The van der Waals surface area contributed by atoms with E-state index in [9.17, 15) is 4.79 Å². The van der Waals surface area contributed by atoms with Crippen molar-refractivity contribution < 1.29 is 4.79 Å². The van der Waals surface area contributed by atoms with E-state index in [4.69, 9.17) is 5.10 Å². The third kappa shape index (κ3) is 4.09. The Morgan fingerprint density at radius 2 is 1.97 bits per heavy atom. The molecule has 5 rings (SSSR count). The first-order valence-electron chi connectivity index (χ1n) is 11.0. The SMILES string of the molecule is CCn1c(C)nc2cc(C(=O)N/N=C/c3cn(-c4ccccc4)nc3-c3cccnc3)ccc21. The molecule has 0 radical (unpaired) electrons. The molecule has 1 N–H and O–H groups in total. The van der Waals surface area contributed by atoms with Crippen LogP contribution in [-0.4, -0.2) is 36.4 Å². The van der Waals surface area contributed by atoms with Crippen LogP contribution >= 0.6 is 0 Å². The van der Waals surface area contributed by atoms with Gasteiger partial charge in [0.1, 0.15) is 11.5 Å². The molecule has 5 aromatic rings. The van der Waals surface area contributed by atoms with Crippen molar-refractivity contribution in [2.24, 2.45) is 5.10 Å². The van der Waals surface area contributed by atoms with Gasteiger partial charge in [0.25, 0.3) is 5.91 Å². The highest BCUT2D eigenvalue weighted by Gasteiger charge is 2.13. The summed E-state index contributed by atoms with van der Waals surface area (Å²) in [6, 6.07) is 19.1. The van der Waals surface area contributed by atoms with E-state index in [1.54, 1.807) is 35.4 Å². The van der Waals surface area contributed by atoms with Crippen molar-refractivity contribution >= 4 is 23.2 Å². The number of nitrogens with one attached hydrogen (secondary N) is 1. The minimum Gasteiger partial charge on any atom is -0.329 e. The molecule has 1 amide bonds. The molecule has 0 atom stereocenters. The number of rotatable bonds is 6. The second-order valence-electron chi connectivity index (χ2n) is 7.76. The van der Waals surface area contributed by atoms with Gasteiger partial charge < -0.3 is 4.57 Å². The van der Waals surface area contributed by atoms with E-state index in [1.807, 2.05) is 61.7 Å². The van der Waals surface area contributed by atoms with E-state index >= 15 is 0 Å². The second kappa shape index (κ2) is 9.11. The van der Waals surface area contributed by atoms with Gasteiger partial charge in [0.05, 0.1) is 22.9 Å². The van der Waals surface area contributed by atoms with Gasteiger partial charge in [-0.25, -0.2) is 15.1 Å². The van der Waals surface area contributed by atoms with Gasteiger partial charge in [-0.1, -0.05) is 18.2 Å². The molecular formula is C26H23N7O. The topological polar surface area (TPSA) is 90.0 Å². The number of pyridine rings is 1. The van der Waals surface area contributed by atoms with Crippen LogP contribution in [0, 0.1) is 6.92 Å². The largest absolute Gasteiger partial charge is 0.329 e. The van der Waals surface area contributed by atoms with Crippen LogP contribution in [0.5, 0.6) is 0 Å². The maximum Gasteiger partial charge on any atom is 0.271 e. The number of nitrogens with zero attached hydrogens (tertiary/aromatic N) is 6. The Balaban J connectivity index is 1.41. The molecule has 0 unspecified atom stereocenters. The summed E-state index contributed by atoms with van der Waals surface area (Å²) in [4.78, 5) is 21.5. The highest BCUT2D eigenvalue weighted by Crippen LogP contribution is 2.22. The van der Waals surface area contributed by atoms with Gasteiger partial charge in [0.15, 0.2) is 0 Å². The van der Waals surface area contributed by atoms with Crippen LogP contribution in [0.2, 0.25) is 0 Å². The van der Waals surface area contributed by atoms with Gasteiger partial charge in [-0.2, -0.15) is 10.2 Å². The smallest absolute Gasteiger partial charge is 0.271 e. The molecule has 0 spiro atoms. The fourth-order valence-corrected chi connectivity index (χ4v) is 3.94. The standard InChI is InChI=1S/C26H23N7O/c1-3-32-18(2)29-23-14-19(11-12-24(23)32)26(34)30-28-16-21-17-33(22-9-5-4-6-10-22)31-25(21)20-8-7-13-27-15-20/h4-17H,3H2,1-2H3,(H,30,34)/b28-16+. The highest BCUT2D eigenvalue weighted by atomic mass is 16.2. The number of para-hydroxylation sites is 1. The Kier molecular flexibility index (Phi) is 5.70. The lowest BCUT2D eigenvalue weighted by molar-refractivity contribution is 0.0955. The molecule has 0 aliphatic carbocycles. The van der Waals surface area contributed by atoms with Gasteiger partial charge in [-0.3, -0.25) is 9.78 Å². The number of hydrogen-bond acceptors (Lipinski definition) is 5. The molecule has 3 aromatic heterocycles. The fraction of sp³-hybridized carbons (Fsp3) is 0.115. The van der Waals surface area contributed by atoms with Crippen LogP contribution in [0.4, 0.5) is 0 Å². The monoisotopic (exact) mass is 449 g/mol. The number of carbonyl (C=O) groups excluding carboxylic acids is 1. The molecule has 34 heavy (non-hydrogen) atoms. The number of amides is 1. The summed E-state index contributed by atoms with van der Waals surface area (Å²) < 4.78 is 3.89. The van der Waals surface area contributed by atoms with Crippen molar-refractivity contribution in [3.8, 4) is 16.9 Å². The first kappa shape index (κ1) is 21.3. The van der Waals surface area contributed by atoms with Crippen molar-refractivity contribution in [2.45, 2.75) is 20.4 Å². The lowest BCUT2D eigenvalue weighted by Crippen LogP contribution is -2.17. The van der Waals surface area contributed by atoms with Crippen molar-refractivity contribution in [3.05, 3.63) is 96.2 Å². The van der Waals surface area contributed by atoms with Crippen molar-refractivity contribution in [1.82, 2.24) is 29.7 Å². The van der Waals surface area contributed by atoms with E-state index in [0.29, 0.717) is 5.56 Å². The number of hydrazone groups is 1. The summed E-state index contributed by atoms with van der Waals surface area (Å²) >= 11 is 0. The number of aryl methyl sites for hydroxylation is 2. The third-order valence-corrected chi connectivity index (χ3v) is 5.59. The highest BCUT2D eigenvalue weighted by molar-refractivity contribution is 5.98. The molecule has 8 nitrogen and oxygen atoms in total. The number of hydrogen-bond donors (Lipinski definition) is 1. The first-order chi connectivity index (χ1) is 16.6. The van der Waals surface area contributed by atoms with Crippen LogP contribution in [0.1, 0.15) is 28.7 Å². The molecule has 3 heterocycles. The zero-order chi connectivity index (χ0) is 23.5. The van der Waals surface area contributed by atoms with Gasteiger partial charge in [-0.15, -0.1) is 0 Å². The molecular weight excluding hydrogens is 426 g/mol. The Morgan fingerprint density at radius 3 is 2.74 bits per heavy atom. The Bertz CT molecular complexity index is 1480. The summed E-state index contributed by atoms with van der Waals surface area (Å²) in [6.07, 6.45) is 6.94. The first-order valence-corrected chi connectivity index (χ1v) is 11.0. The van der Waals surface area contributed by atoms with Crippen LogP contribution in [0.25, 0.3) is 28.0 Å². The summed E-state index contributed by atoms with van der Waals surface area (Å²) in [6.45, 7) is 4.86. The molecule has 0 fully saturated rings. The zero-order valence-corrected chi connectivity index (χ0v) is 18.9. The van der Waals surface area contributed by atoms with E-state index in [1.165, 1.54) is 0 Å². The van der Waals surface area contributed by atoms with Crippen LogP contribution in [0.3, 0.4) is 0 Å². The quantitative estimate of drug-likeness (QED) is 0.308. The number of imidazole rings is 1. The van der Waals surface area contributed by atoms with Crippen molar-refractivity contribution in [2.75, 3.05) is 0 Å². The summed E-state index contributed by atoms with van der Waals surface area (Å²) in [5, 5.41) is 8.93. The van der Waals surface area contributed by atoms with Gasteiger partial charge in [0.2, 0.25) is 0 Å². The number of aromatic nitrogens is 5. The van der Waals surface area contributed by atoms with Crippen LogP contribution in [-0.2, 0) is 6.54 Å². The number of carbonyl (C=O) groups is 1. The average molecular weight is 450 g/mol. The predicted molar refractivity (Wildman–Crippen MR) is 132 cm³/mol. The Hall–Kier alpha value is -4.59. The van der Waals surface area contributed by atoms with E-state index < -0.39 is 0 Å². The molecule has 0 saturated carbocycles. The fourth-order valence-electron chi connectivity index (χ4n) is 3.94. The van der Waals surface area contributed by atoms with Crippen molar-refractivity contribution in [3.63, 3.8) is 0 Å². The predicted octanol–water partition coefficient (Wildman–Crippen LogP) is 4.38. The maximum atomic E-state index is 12.7. The molecule has 2 aromatic carbocycles.